The van der Waals surface area contributed by atoms with Gasteiger partial charge in [0.1, 0.15) is 5.75 Å². The molecule has 4 nitrogen and oxygen atoms in total. The molecule has 104 valence electrons. The van der Waals surface area contributed by atoms with Gasteiger partial charge in [0.15, 0.2) is 0 Å². The van der Waals surface area contributed by atoms with Crippen LogP contribution in [0.3, 0.4) is 0 Å². The minimum atomic E-state index is -0.279. The summed E-state index contributed by atoms with van der Waals surface area (Å²) < 4.78 is 5.22. The highest BCUT2D eigenvalue weighted by atomic mass is 35.5. The first-order valence-corrected chi connectivity index (χ1v) is 6.49. The Kier molecular flexibility index (Phi) is 4.85. The Hall–Kier alpha value is -2.20. The number of carbonyl (C=O) groups is 1. The second-order valence-corrected chi connectivity index (χ2v) is 4.57. The van der Waals surface area contributed by atoms with Crippen molar-refractivity contribution in [2.45, 2.75) is 6.54 Å². The van der Waals surface area contributed by atoms with E-state index in [-0.39, 0.29) is 6.03 Å². The number of ether oxygens (including phenoxy) is 1. The normalized spacial score (nSPS) is 9.90. The van der Waals surface area contributed by atoms with Crippen LogP contribution in [0.1, 0.15) is 5.56 Å². The van der Waals surface area contributed by atoms with Gasteiger partial charge in [0.05, 0.1) is 7.11 Å². The lowest BCUT2D eigenvalue weighted by molar-refractivity contribution is 0.251. The molecule has 2 aromatic carbocycles. The molecule has 2 rings (SSSR count). The topological polar surface area (TPSA) is 50.4 Å². The lowest BCUT2D eigenvalue weighted by atomic mass is 10.2. The molecule has 0 saturated carbocycles. The summed E-state index contributed by atoms with van der Waals surface area (Å²) in [5.41, 5.74) is 1.56. The number of halogens is 1. The smallest absolute Gasteiger partial charge is 0.319 e. The first-order chi connectivity index (χ1) is 9.69. The van der Waals surface area contributed by atoms with Gasteiger partial charge in [-0.3, -0.25) is 0 Å². The molecule has 0 radical (unpaired) electrons. The van der Waals surface area contributed by atoms with E-state index in [9.17, 15) is 4.79 Å². The minimum Gasteiger partial charge on any atom is -0.496 e. The fourth-order valence-electron chi connectivity index (χ4n) is 1.76. The molecule has 0 heterocycles. The molecule has 20 heavy (non-hydrogen) atoms. The number of urea groups is 1. The summed E-state index contributed by atoms with van der Waals surface area (Å²) in [5, 5.41) is 6.10. The van der Waals surface area contributed by atoms with Gasteiger partial charge in [-0.1, -0.05) is 29.8 Å². The van der Waals surface area contributed by atoms with Crippen LogP contribution in [0.4, 0.5) is 10.5 Å². The Balaban J connectivity index is 1.95. The zero-order valence-electron chi connectivity index (χ0n) is 11.0. The van der Waals surface area contributed by atoms with Crippen molar-refractivity contribution in [3.8, 4) is 5.75 Å². The molecule has 0 atom stereocenters. The molecule has 0 aliphatic carbocycles. The average molecular weight is 291 g/mol. The largest absolute Gasteiger partial charge is 0.496 e. The molecule has 0 fully saturated rings. The zero-order valence-corrected chi connectivity index (χ0v) is 11.8. The van der Waals surface area contributed by atoms with Crippen LogP contribution in [0.5, 0.6) is 5.75 Å². The number of carbonyl (C=O) groups excluding carboxylic acids is 1. The molecule has 0 aromatic heterocycles. The maximum Gasteiger partial charge on any atom is 0.319 e. The Morgan fingerprint density at radius 2 is 1.95 bits per heavy atom. The number of hydrogen-bond donors (Lipinski definition) is 2. The molecule has 2 N–H and O–H groups in total. The molecule has 0 bridgehead atoms. The van der Waals surface area contributed by atoms with Gasteiger partial charge in [-0.15, -0.1) is 0 Å². The standard InChI is InChI=1S/C15H15ClN2O2/c1-20-14-8-7-12(16)9-11(14)10-17-15(19)18-13-5-3-2-4-6-13/h2-9H,10H2,1H3,(H2,17,18,19). The fourth-order valence-corrected chi connectivity index (χ4v) is 1.95. The average Bonchev–Trinajstić information content (AvgIpc) is 2.46. The van der Waals surface area contributed by atoms with Gasteiger partial charge < -0.3 is 15.4 Å². The van der Waals surface area contributed by atoms with Crippen LogP contribution in [0.15, 0.2) is 48.5 Å². The number of anilines is 1. The Bertz CT molecular complexity index is 588. The molecular formula is C15H15ClN2O2. The number of nitrogens with one attached hydrogen (secondary N) is 2. The van der Waals surface area contributed by atoms with Gasteiger partial charge in [0, 0.05) is 22.8 Å². The number of benzene rings is 2. The Morgan fingerprint density at radius 1 is 1.20 bits per heavy atom. The van der Waals surface area contributed by atoms with E-state index in [0.29, 0.717) is 17.3 Å². The SMILES string of the molecule is COc1ccc(Cl)cc1CNC(=O)Nc1ccccc1. The number of hydrogen-bond acceptors (Lipinski definition) is 2. The molecule has 2 amide bonds. The maximum atomic E-state index is 11.8. The van der Waals surface area contributed by atoms with Crippen LogP contribution < -0.4 is 15.4 Å². The highest BCUT2D eigenvalue weighted by Gasteiger charge is 2.06. The monoisotopic (exact) mass is 290 g/mol. The van der Waals surface area contributed by atoms with Gasteiger partial charge in [0.25, 0.3) is 0 Å². The van der Waals surface area contributed by atoms with Crippen molar-refractivity contribution in [3.05, 3.63) is 59.1 Å². The number of amides is 2. The third kappa shape index (κ3) is 3.90. The van der Waals surface area contributed by atoms with E-state index in [1.807, 2.05) is 30.3 Å². The van der Waals surface area contributed by atoms with Crippen molar-refractivity contribution in [2.24, 2.45) is 0 Å². The van der Waals surface area contributed by atoms with Crippen molar-refractivity contribution in [3.63, 3.8) is 0 Å². The van der Waals surface area contributed by atoms with Crippen LogP contribution in [0.25, 0.3) is 0 Å². The third-order valence-electron chi connectivity index (χ3n) is 2.71. The molecule has 0 aliphatic heterocycles. The number of para-hydroxylation sites is 1. The van der Waals surface area contributed by atoms with E-state index in [2.05, 4.69) is 10.6 Å². The first kappa shape index (κ1) is 14.2. The molecule has 0 saturated heterocycles. The van der Waals surface area contributed by atoms with Crippen LogP contribution in [-0.4, -0.2) is 13.1 Å². The lowest BCUT2D eigenvalue weighted by Gasteiger charge is -2.11. The second kappa shape index (κ2) is 6.82. The van der Waals surface area contributed by atoms with E-state index in [1.165, 1.54) is 0 Å². The summed E-state index contributed by atoms with van der Waals surface area (Å²) >= 11 is 5.93. The number of rotatable bonds is 4. The molecular weight excluding hydrogens is 276 g/mol. The number of methoxy groups -OCH3 is 1. The Morgan fingerprint density at radius 3 is 2.65 bits per heavy atom. The fraction of sp³-hybridized carbons (Fsp3) is 0.133. The molecule has 2 aromatic rings. The second-order valence-electron chi connectivity index (χ2n) is 4.13. The minimum absolute atomic E-state index is 0.279. The third-order valence-corrected chi connectivity index (χ3v) is 2.95. The van der Waals surface area contributed by atoms with Crippen LogP contribution in [0.2, 0.25) is 5.02 Å². The highest BCUT2D eigenvalue weighted by Crippen LogP contribution is 2.22. The first-order valence-electron chi connectivity index (χ1n) is 6.11. The van der Waals surface area contributed by atoms with Crippen molar-refractivity contribution in [2.75, 3.05) is 12.4 Å². The van der Waals surface area contributed by atoms with Crippen molar-refractivity contribution >= 4 is 23.3 Å². The molecule has 0 aliphatic rings. The van der Waals surface area contributed by atoms with E-state index < -0.39 is 0 Å². The quantitative estimate of drug-likeness (QED) is 0.902. The summed E-state index contributed by atoms with van der Waals surface area (Å²) in [5.74, 6) is 0.689. The van der Waals surface area contributed by atoms with Crippen LogP contribution in [0, 0.1) is 0 Å². The maximum absolute atomic E-state index is 11.8. The van der Waals surface area contributed by atoms with Crippen molar-refractivity contribution in [1.82, 2.24) is 5.32 Å². The van der Waals surface area contributed by atoms with E-state index in [1.54, 1.807) is 25.3 Å². The van der Waals surface area contributed by atoms with Crippen LogP contribution >= 0.6 is 11.6 Å². The zero-order chi connectivity index (χ0) is 14.4. The summed E-state index contributed by atoms with van der Waals surface area (Å²) in [7, 11) is 1.58. The predicted octanol–water partition coefficient (Wildman–Crippen LogP) is 3.67. The summed E-state index contributed by atoms with van der Waals surface area (Å²) in [4.78, 5) is 11.8. The lowest BCUT2D eigenvalue weighted by Crippen LogP contribution is -2.28. The van der Waals surface area contributed by atoms with Gasteiger partial charge >= 0.3 is 6.03 Å². The summed E-state index contributed by atoms with van der Waals surface area (Å²) in [6.07, 6.45) is 0. The van der Waals surface area contributed by atoms with E-state index in [4.69, 9.17) is 16.3 Å². The summed E-state index contributed by atoms with van der Waals surface area (Å²) in [6, 6.07) is 14.2. The van der Waals surface area contributed by atoms with Crippen molar-refractivity contribution in [1.29, 1.82) is 0 Å². The molecule has 0 unspecified atom stereocenters. The van der Waals surface area contributed by atoms with Gasteiger partial charge in [-0.25, -0.2) is 4.79 Å². The molecule has 0 spiro atoms. The van der Waals surface area contributed by atoms with E-state index in [0.717, 1.165) is 11.3 Å². The van der Waals surface area contributed by atoms with Gasteiger partial charge in [-0.05, 0) is 30.3 Å². The molecule has 5 heteroatoms. The van der Waals surface area contributed by atoms with E-state index >= 15 is 0 Å². The Labute approximate surface area is 122 Å². The van der Waals surface area contributed by atoms with Crippen molar-refractivity contribution < 1.29 is 9.53 Å². The van der Waals surface area contributed by atoms with Gasteiger partial charge in [-0.2, -0.15) is 0 Å². The van der Waals surface area contributed by atoms with Gasteiger partial charge in [0.2, 0.25) is 0 Å². The summed E-state index contributed by atoms with van der Waals surface area (Å²) in [6.45, 7) is 0.336. The van der Waals surface area contributed by atoms with Crippen LogP contribution in [-0.2, 0) is 6.54 Å². The highest BCUT2D eigenvalue weighted by molar-refractivity contribution is 6.30. The predicted molar refractivity (Wildman–Crippen MR) is 80.3 cm³/mol.